The summed E-state index contributed by atoms with van der Waals surface area (Å²) in [5, 5.41) is 23.1. The Kier molecular flexibility index (Phi) is 4.86. The van der Waals surface area contributed by atoms with Gasteiger partial charge in [-0.2, -0.15) is 0 Å². The number of nitrogens with zero attached hydrogens (tertiary/aromatic N) is 3. The molecule has 0 aliphatic rings. The molecule has 2 unspecified atom stereocenters. The van der Waals surface area contributed by atoms with Crippen molar-refractivity contribution in [1.29, 1.82) is 0 Å². The molecule has 0 aliphatic carbocycles. The van der Waals surface area contributed by atoms with Gasteiger partial charge in [0.2, 0.25) is 0 Å². The summed E-state index contributed by atoms with van der Waals surface area (Å²) >= 11 is 11.5. The van der Waals surface area contributed by atoms with Gasteiger partial charge < -0.3 is 10.2 Å². The molecule has 1 aromatic rings. The molecule has 0 radical (unpaired) electrons. The quantitative estimate of drug-likeness (QED) is 0.496. The van der Waals surface area contributed by atoms with Crippen LogP contribution in [0.4, 0.5) is 0 Å². The molecule has 1 rings (SSSR count). The molecule has 0 aliphatic heterocycles. The molecular formula is C9H9Cl2N3O2. The highest BCUT2D eigenvalue weighted by Crippen LogP contribution is 2.28. The molecule has 0 bridgehead atoms. The highest BCUT2D eigenvalue weighted by atomic mass is 35.5. The van der Waals surface area contributed by atoms with E-state index in [2.05, 4.69) is 10.0 Å². The van der Waals surface area contributed by atoms with Gasteiger partial charge in [-0.05, 0) is 17.7 Å². The highest BCUT2D eigenvalue weighted by Gasteiger charge is 2.20. The van der Waals surface area contributed by atoms with Crippen LogP contribution in [0.1, 0.15) is 11.7 Å². The van der Waals surface area contributed by atoms with Crippen LogP contribution in [0.2, 0.25) is 10.0 Å². The van der Waals surface area contributed by atoms with Crippen LogP contribution in [0.3, 0.4) is 0 Å². The van der Waals surface area contributed by atoms with Crippen LogP contribution in [0.25, 0.3) is 10.4 Å². The van der Waals surface area contributed by atoms with Crippen molar-refractivity contribution in [3.8, 4) is 0 Å². The minimum absolute atomic E-state index is 0.226. The number of hydrogen-bond donors (Lipinski definition) is 2. The summed E-state index contributed by atoms with van der Waals surface area (Å²) in [6, 6.07) is 4.52. The Hall–Kier alpha value is -0.970. The van der Waals surface area contributed by atoms with Gasteiger partial charge in [-0.1, -0.05) is 34.4 Å². The molecule has 0 heterocycles. The first-order valence-electron chi connectivity index (χ1n) is 4.38. The topological polar surface area (TPSA) is 89.2 Å². The number of benzene rings is 1. The molecule has 0 amide bonds. The molecule has 0 saturated carbocycles. The van der Waals surface area contributed by atoms with Crippen LogP contribution in [-0.4, -0.2) is 22.9 Å². The molecule has 0 saturated heterocycles. The van der Waals surface area contributed by atoms with Crippen molar-refractivity contribution in [3.63, 3.8) is 0 Å². The predicted octanol–water partition coefficient (Wildman–Crippen LogP) is 2.70. The van der Waals surface area contributed by atoms with Gasteiger partial charge in [0.1, 0.15) is 6.10 Å². The zero-order valence-corrected chi connectivity index (χ0v) is 9.60. The standard InChI is InChI=1S/C9H9Cl2N3O2/c10-5-1-2-6(7(11)3-5)9(16)8(15)4-13-14-12/h1-3,8-9,15-16H,4H2. The van der Waals surface area contributed by atoms with E-state index in [1.165, 1.54) is 12.1 Å². The number of aliphatic hydroxyl groups is 2. The molecular weight excluding hydrogens is 253 g/mol. The minimum atomic E-state index is -1.21. The molecule has 7 heteroatoms. The van der Waals surface area contributed by atoms with E-state index in [9.17, 15) is 10.2 Å². The zero-order valence-electron chi connectivity index (χ0n) is 8.09. The Morgan fingerprint density at radius 2 is 2.06 bits per heavy atom. The Bertz CT molecular complexity index is 421. The van der Waals surface area contributed by atoms with Gasteiger partial charge in [-0.3, -0.25) is 0 Å². The second-order valence-electron chi connectivity index (χ2n) is 3.09. The molecule has 5 nitrogen and oxygen atoms in total. The van der Waals surface area contributed by atoms with Crippen molar-refractivity contribution in [2.75, 3.05) is 6.54 Å². The zero-order chi connectivity index (χ0) is 12.1. The Balaban J connectivity index is 2.86. The lowest BCUT2D eigenvalue weighted by molar-refractivity contribution is 0.0245. The third kappa shape index (κ3) is 3.27. The van der Waals surface area contributed by atoms with Crippen LogP contribution in [0.15, 0.2) is 23.3 Å². The van der Waals surface area contributed by atoms with Gasteiger partial charge in [0.05, 0.1) is 12.6 Å². The lowest BCUT2D eigenvalue weighted by atomic mass is 10.0. The Morgan fingerprint density at radius 3 is 2.62 bits per heavy atom. The van der Waals surface area contributed by atoms with Crippen LogP contribution in [0, 0.1) is 0 Å². The van der Waals surface area contributed by atoms with E-state index < -0.39 is 12.2 Å². The van der Waals surface area contributed by atoms with Gasteiger partial charge in [-0.25, -0.2) is 0 Å². The van der Waals surface area contributed by atoms with Crippen LogP contribution >= 0.6 is 23.2 Å². The third-order valence-corrected chi connectivity index (χ3v) is 2.54. The van der Waals surface area contributed by atoms with Crippen molar-refractivity contribution in [3.05, 3.63) is 44.3 Å². The summed E-state index contributed by atoms with van der Waals surface area (Å²) < 4.78 is 0. The van der Waals surface area contributed by atoms with Crippen molar-refractivity contribution in [1.82, 2.24) is 0 Å². The summed E-state index contributed by atoms with van der Waals surface area (Å²) in [4.78, 5) is 2.49. The van der Waals surface area contributed by atoms with E-state index >= 15 is 0 Å². The predicted molar refractivity (Wildman–Crippen MR) is 61.4 cm³/mol. The van der Waals surface area contributed by atoms with Crippen molar-refractivity contribution < 1.29 is 10.2 Å². The largest absolute Gasteiger partial charge is 0.390 e. The third-order valence-electron chi connectivity index (χ3n) is 1.98. The van der Waals surface area contributed by atoms with Crippen LogP contribution in [0.5, 0.6) is 0 Å². The van der Waals surface area contributed by atoms with E-state index in [1.54, 1.807) is 6.07 Å². The number of aliphatic hydroxyl groups excluding tert-OH is 2. The van der Waals surface area contributed by atoms with E-state index in [1.807, 2.05) is 0 Å². The second-order valence-corrected chi connectivity index (χ2v) is 3.94. The summed E-state index contributed by atoms with van der Waals surface area (Å²) in [5.41, 5.74) is 8.42. The SMILES string of the molecule is [N-]=[N+]=NCC(O)C(O)c1ccc(Cl)cc1Cl. The average Bonchev–Trinajstić information content (AvgIpc) is 2.25. The molecule has 16 heavy (non-hydrogen) atoms. The summed E-state index contributed by atoms with van der Waals surface area (Å²) in [6.07, 6.45) is -2.41. The molecule has 2 atom stereocenters. The summed E-state index contributed by atoms with van der Waals surface area (Å²) in [6.45, 7) is -0.226. The van der Waals surface area contributed by atoms with E-state index in [0.29, 0.717) is 10.6 Å². The van der Waals surface area contributed by atoms with Gasteiger partial charge in [0, 0.05) is 20.5 Å². The smallest absolute Gasteiger partial charge is 0.106 e. The summed E-state index contributed by atoms with van der Waals surface area (Å²) in [7, 11) is 0. The van der Waals surface area contributed by atoms with Crippen molar-refractivity contribution >= 4 is 23.2 Å². The summed E-state index contributed by atoms with van der Waals surface area (Å²) in [5.74, 6) is 0. The lowest BCUT2D eigenvalue weighted by Gasteiger charge is -2.17. The molecule has 0 fully saturated rings. The first kappa shape index (κ1) is 13.1. The molecule has 1 aromatic carbocycles. The van der Waals surface area contributed by atoms with Gasteiger partial charge in [-0.15, -0.1) is 0 Å². The first-order chi connectivity index (χ1) is 7.56. The van der Waals surface area contributed by atoms with Crippen LogP contribution in [-0.2, 0) is 0 Å². The normalized spacial score (nSPS) is 14.0. The Labute approximate surface area is 102 Å². The number of hydrogen-bond acceptors (Lipinski definition) is 3. The maximum Gasteiger partial charge on any atom is 0.106 e. The van der Waals surface area contributed by atoms with Gasteiger partial charge in [0.15, 0.2) is 0 Å². The lowest BCUT2D eigenvalue weighted by Crippen LogP contribution is -2.21. The number of azide groups is 1. The fraction of sp³-hybridized carbons (Fsp3) is 0.333. The van der Waals surface area contributed by atoms with E-state index in [-0.39, 0.29) is 11.6 Å². The van der Waals surface area contributed by atoms with E-state index in [0.717, 1.165) is 0 Å². The van der Waals surface area contributed by atoms with Crippen molar-refractivity contribution in [2.24, 2.45) is 5.11 Å². The minimum Gasteiger partial charge on any atom is -0.390 e. The Morgan fingerprint density at radius 1 is 1.38 bits per heavy atom. The molecule has 0 aromatic heterocycles. The van der Waals surface area contributed by atoms with Crippen molar-refractivity contribution in [2.45, 2.75) is 12.2 Å². The first-order valence-corrected chi connectivity index (χ1v) is 5.13. The maximum atomic E-state index is 9.73. The van der Waals surface area contributed by atoms with E-state index in [4.69, 9.17) is 28.7 Å². The molecule has 0 spiro atoms. The number of halogens is 2. The number of rotatable bonds is 4. The fourth-order valence-electron chi connectivity index (χ4n) is 1.17. The fourth-order valence-corrected chi connectivity index (χ4v) is 1.69. The molecule has 2 N–H and O–H groups in total. The average molecular weight is 262 g/mol. The molecule has 86 valence electrons. The van der Waals surface area contributed by atoms with Gasteiger partial charge >= 0.3 is 0 Å². The second kappa shape index (κ2) is 5.94. The van der Waals surface area contributed by atoms with Gasteiger partial charge in [0.25, 0.3) is 0 Å². The van der Waals surface area contributed by atoms with Crippen LogP contribution < -0.4 is 0 Å². The monoisotopic (exact) mass is 261 g/mol. The maximum absolute atomic E-state index is 9.73. The highest BCUT2D eigenvalue weighted by molar-refractivity contribution is 6.35.